The van der Waals surface area contributed by atoms with E-state index in [1.54, 1.807) is 11.8 Å². The van der Waals surface area contributed by atoms with Gasteiger partial charge < -0.3 is 4.90 Å². The zero-order valence-electron chi connectivity index (χ0n) is 11.4. The first-order valence-electron chi connectivity index (χ1n) is 6.47. The van der Waals surface area contributed by atoms with Crippen molar-refractivity contribution in [3.8, 4) is 0 Å². The molecule has 0 fully saturated rings. The molecule has 0 aromatic carbocycles. The molecule has 0 aromatic rings. The lowest BCUT2D eigenvalue weighted by Gasteiger charge is -2.28. The van der Waals surface area contributed by atoms with Crippen molar-refractivity contribution in [2.24, 2.45) is 5.92 Å². The van der Waals surface area contributed by atoms with Crippen molar-refractivity contribution >= 4 is 15.7 Å². The lowest BCUT2D eigenvalue weighted by molar-refractivity contribution is -0.133. The fraction of sp³-hybridized carbons (Fsp3) is 0.769. The molecule has 0 saturated heterocycles. The Labute approximate surface area is 110 Å². The number of hydrogen-bond acceptors (Lipinski definition) is 3. The second kappa shape index (κ2) is 6.36. The number of carbonyl (C=O) groups is 1. The number of carbonyl (C=O) groups excluding carboxylic acids is 1. The van der Waals surface area contributed by atoms with Gasteiger partial charge in [-0.3, -0.25) is 4.79 Å². The lowest BCUT2D eigenvalue weighted by atomic mass is 10.0. The summed E-state index contributed by atoms with van der Waals surface area (Å²) in [5.41, 5.74) is 0. The number of sulfone groups is 1. The quantitative estimate of drug-likeness (QED) is 0.691. The molecule has 0 spiro atoms. The maximum atomic E-state index is 12.2. The summed E-state index contributed by atoms with van der Waals surface area (Å²) < 4.78 is 22.6. The van der Waals surface area contributed by atoms with E-state index in [2.05, 4.69) is 12.2 Å². The number of allylic oxidation sites excluding steroid dienone is 2. The molecule has 2 atom stereocenters. The van der Waals surface area contributed by atoms with Crippen molar-refractivity contribution in [3.05, 3.63) is 12.2 Å². The van der Waals surface area contributed by atoms with Gasteiger partial charge in [-0.05, 0) is 32.6 Å². The molecule has 1 amide bonds. The molecule has 0 heterocycles. The van der Waals surface area contributed by atoms with Gasteiger partial charge in [0, 0.05) is 25.3 Å². The van der Waals surface area contributed by atoms with Crippen molar-refractivity contribution < 1.29 is 13.2 Å². The molecule has 1 rings (SSSR count). The third-order valence-corrected chi connectivity index (χ3v) is 4.37. The molecule has 0 saturated carbocycles. The van der Waals surface area contributed by atoms with Crippen LogP contribution in [0.5, 0.6) is 0 Å². The fourth-order valence-corrected chi connectivity index (χ4v) is 3.53. The summed E-state index contributed by atoms with van der Waals surface area (Å²) >= 11 is 0. The van der Waals surface area contributed by atoms with Gasteiger partial charge in [-0.2, -0.15) is 0 Å². The first kappa shape index (κ1) is 15.2. The summed E-state index contributed by atoms with van der Waals surface area (Å²) in [5, 5.41) is 0. The topological polar surface area (TPSA) is 54.5 Å². The number of hydrogen-bond donors (Lipinski definition) is 0. The Morgan fingerprint density at radius 2 is 2.17 bits per heavy atom. The third kappa shape index (κ3) is 4.80. The molecule has 0 N–H and O–H groups in total. The van der Waals surface area contributed by atoms with E-state index in [4.69, 9.17) is 0 Å². The van der Waals surface area contributed by atoms with E-state index in [-0.39, 0.29) is 17.7 Å². The molecule has 0 aliphatic heterocycles. The fourth-order valence-electron chi connectivity index (χ4n) is 2.47. The SMILES string of the molecule is CCN(C(=O)CC1C=CCC1)C(C)CS(C)(=O)=O. The van der Waals surface area contributed by atoms with Crippen molar-refractivity contribution in [3.63, 3.8) is 0 Å². The maximum absolute atomic E-state index is 12.2. The van der Waals surface area contributed by atoms with Gasteiger partial charge in [0.1, 0.15) is 9.84 Å². The minimum absolute atomic E-state index is 0.0348. The van der Waals surface area contributed by atoms with Gasteiger partial charge in [-0.1, -0.05) is 12.2 Å². The van der Waals surface area contributed by atoms with Crippen molar-refractivity contribution in [2.75, 3.05) is 18.6 Å². The van der Waals surface area contributed by atoms with Crippen LogP contribution < -0.4 is 0 Å². The third-order valence-electron chi connectivity index (χ3n) is 3.29. The summed E-state index contributed by atoms with van der Waals surface area (Å²) in [4.78, 5) is 13.8. The molecule has 18 heavy (non-hydrogen) atoms. The molecule has 0 radical (unpaired) electrons. The van der Waals surface area contributed by atoms with Crippen LogP contribution in [0.4, 0.5) is 0 Å². The molecule has 104 valence electrons. The van der Waals surface area contributed by atoms with E-state index < -0.39 is 9.84 Å². The monoisotopic (exact) mass is 273 g/mol. The van der Waals surface area contributed by atoms with Crippen LogP contribution >= 0.6 is 0 Å². The zero-order valence-corrected chi connectivity index (χ0v) is 12.2. The first-order valence-corrected chi connectivity index (χ1v) is 8.53. The number of rotatable bonds is 6. The van der Waals surface area contributed by atoms with Crippen LogP contribution in [-0.4, -0.2) is 43.8 Å². The number of amides is 1. The van der Waals surface area contributed by atoms with E-state index in [1.807, 2.05) is 6.92 Å². The van der Waals surface area contributed by atoms with E-state index in [0.717, 1.165) is 12.8 Å². The highest BCUT2D eigenvalue weighted by Crippen LogP contribution is 2.21. The average molecular weight is 273 g/mol. The largest absolute Gasteiger partial charge is 0.339 e. The van der Waals surface area contributed by atoms with Gasteiger partial charge in [0.05, 0.1) is 5.75 Å². The Balaban J connectivity index is 2.58. The highest BCUT2D eigenvalue weighted by atomic mass is 32.2. The van der Waals surface area contributed by atoms with Crippen LogP contribution in [0.25, 0.3) is 0 Å². The molecule has 5 heteroatoms. The predicted octanol–water partition coefficient (Wildman–Crippen LogP) is 1.62. The van der Waals surface area contributed by atoms with Crippen molar-refractivity contribution in [1.82, 2.24) is 4.90 Å². The average Bonchev–Trinajstić information content (AvgIpc) is 2.68. The van der Waals surface area contributed by atoms with E-state index in [1.165, 1.54) is 6.26 Å². The molecule has 4 nitrogen and oxygen atoms in total. The van der Waals surface area contributed by atoms with Crippen LogP contribution in [0.2, 0.25) is 0 Å². The molecule has 0 bridgehead atoms. The Morgan fingerprint density at radius 1 is 1.50 bits per heavy atom. The summed E-state index contributed by atoms with van der Waals surface area (Å²) in [6.07, 6.45) is 7.98. The Hall–Kier alpha value is -0.840. The van der Waals surface area contributed by atoms with Gasteiger partial charge in [0.25, 0.3) is 0 Å². The second-order valence-corrected chi connectivity index (χ2v) is 7.28. The summed E-state index contributed by atoms with van der Waals surface area (Å²) in [6, 6.07) is -0.247. The van der Waals surface area contributed by atoms with Crippen LogP contribution in [0.1, 0.15) is 33.1 Å². The Kier molecular flexibility index (Phi) is 5.38. The first-order chi connectivity index (χ1) is 8.33. The van der Waals surface area contributed by atoms with Gasteiger partial charge in [-0.15, -0.1) is 0 Å². The summed E-state index contributed by atoms with van der Waals surface area (Å²) in [6.45, 7) is 4.25. The van der Waals surface area contributed by atoms with E-state index in [9.17, 15) is 13.2 Å². The van der Waals surface area contributed by atoms with Gasteiger partial charge in [0.2, 0.25) is 5.91 Å². The predicted molar refractivity (Wildman–Crippen MR) is 73.0 cm³/mol. The summed E-state index contributed by atoms with van der Waals surface area (Å²) in [5.74, 6) is 0.426. The van der Waals surface area contributed by atoms with Gasteiger partial charge in [-0.25, -0.2) is 8.42 Å². The van der Waals surface area contributed by atoms with Gasteiger partial charge in [0.15, 0.2) is 0 Å². The standard InChI is InChI=1S/C13H23NO3S/c1-4-14(11(2)10-18(3,16)17)13(15)9-12-7-5-6-8-12/h5,7,11-12H,4,6,8-10H2,1-3H3. The highest BCUT2D eigenvalue weighted by molar-refractivity contribution is 7.90. The normalized spacial score (nSPS) is 20.9. The van der Waals surface area contributed by atoms with Crippen LogP contribution in [0.3, 0.4) is 0 Å². The Bertz CT molecular complexity index is 414. The minimum Gasteiger partial charge on any atom is -0.339 e. The second-order valence-electron chi connectivity index (χ2n) is 5.09. The van der Waals surface area contributed by atoms with E-state index in [0.29, 0.717) is 18.9 Å². The highest BCUT2D eigenvalue weighted by Gasteiger charge is 2.24. The Morgan fingerprint density at radius 3 is 2.61 bits per heavy atom. The van der Waals surface area contributed by atoms with Crippen LogP contribution in [-0.2, 0) is 14.6 Å². The summed E-state index contributed by atoms with van der Waals surface area (Å²) in [7, 11) is -3.05. The smallest absolute Gasteiger partial charge is 0.223 e. The molecular weight excluding hydrogens is 250 g/mol. The molecule has 1 aliphatic rings. The molecule has 0 aromatic heterocycles. The molecular formula is C13H23NO3S. The van der Waals surface area contributed by atoms with Gasteiger partial charge >= 0.3 is 0 Å². The molecule has 2 unspecified atom stereocenters. The van der Waals surface area contributed by atoms with Crippen molar-refractivity contribution in [2.45, 2.75) is 39.2 Å². The number of nitrogens with zero attached hydrogens (tertiary/aromatic N) is 1. The van der Waals surface area contributed by atoms with Crippen LogP contribution in [0.15, 0.2) is 12.2 Å². The zero-order chi connectivity index (χ0) is 13.8. The molecule has 1 aliphatic carbocycles. The minimum atomic E-state index is -3.05. The lowest BCUT2D eigenvalue weighted by Crippen LogP contribution is -2.42. The van der Waals surface area contributed by atoms with E-state index >= 15 is 0 Å². The van der Waals surface area contributed by atoms with Crippen LogP contribution in [0, 0.1) is 5.92 Å². The van der Waals surface area contributed by atoms with Crippen molar-refractivity contribution in [1.29, 1.82) is 0 Å². The maximum Gasteiger partial charge on any atom is 0.223 e.